The van der Waals surface area contributed by atoms with Crippen molar-refractivity contribution in [3.63, 3.8) is 0 Å². The van der Waals surface area contributed by atoms with Crippen molar-refractivity contribution in [3.05, 3.63) is 131 Å². The lowest BCUT2D eigenvalue weighted by Crippen LogP contribution is -2.25. The van der Waals surface area contributed by atoms with Crippen molar-refractivity contribution in [2.24, 2.45) is 0 Å². The van der Waals surface area contributed by atoms with E-state index in [1.165, 1.54) is 18.7 Å². The molecule has 0 spiro atoms. The molecule has 0 bridgehead atoms. The van der Waals surface area contributed by atoms with Crippen molar-refractivity contribution < 1.29 is 13.9 Å². The molecule has 0 saturated heterocycles. The van der Waals surface area contributed by atoms with Crippen LogP contribution < -0.4 is 0 Å². The summed E-state index contributed by atoms with van der Waals surface area (Å²) in [5, 5.41) is 0. The van der Waals surface area contributed by atoms with E-state index in [0.29, 0.717) is 37.3 Å². The van der Waals surface area contributed by atoms with Gasteiger partial charge >= 0.3 is 5.97 Å². The summed E-state index contributed by atoms with van der Waals surface area (Å²) in [6.07, 6.45) is 1.98. The van der Waals surface area contributed by atoms with Crippen molar-refractivity contribution in [1.29, 1.82) is 0 Å². The number of carbonyl (C=O) groups excluding carboxylic acids is 1. The Morgan fingerprint density at radius 2 is 1.52 bits per heavy atom. The van der Waals surface area contributed by atoms with Gasteiger partial charge in [0.05, 0.1) is 19.2 Å². The Labute approximate surface area is 193 Å². The van der Waals surface area contributed by atoms with Crippen LogP contribution in [0.3, 0.4) is 0 Å². The number of methoxy groups -OCH3 is 1. The van der Waals surface area contributed by atoms with E-state index in [-0.39, 0.29) is 11.8 Å². The van der Waals surface area contributed by atoms with Crippen LogP contribution in [0.5, 0.6) is 0 Å². The summed E-state index contributed by atoms with van der Waals surface area (Å²) in [4.78, 5) is 14.6. The molecule has 3 aromatic carbocycles. The van der Waals surface area contributed by atoms with Gasteiger partial charge < -0.3 is 9.30 Å². The topological polar surface area (TPSA) is 34.5 Å². The summed E-state index contributed by atoms with van der Waals surface area (Å²) >= 11 is 0. The first-order valence-corrected chi connectivity index (χ1v) is 10.9. The summed E-state index contributed by atoms with van der Waals surface area (Å²) in [6, 6.07) is 28.7. The SMILES string of the molecule is COC(=O)c1ccccc1CN(Cc1ccccc1)Cc1cccn1Cc1ccccc1F. The third-order valence-electron chi connectivity index (χ3n) is 5.67. The van der Waals surface area contributed by atoms with Gasteiger partial charge in [-0.15, -0.1) is 0 Å². The highest BCUT2D eigenvalue weighted by Gasteiger charge is 2.16. The third kappa shape index (κ3) is 5.76. The minimum atomic E-state index is -0.340. The van der Waals surface area contributed by atoms with Crippen LogP contribution in [0.15, 0.2) is 97.2 Å². The van der Waals surface area contributed by atoms with E-state index in [1.807, 2.05) is 60.8 Å². The number of hydrogen-bond donors (Lipinski definition) is 0. The van der Waals surface area contributed by atoms with Crippen molar-refractivity contribution in [1.82, 2.24) is 9.47 Å². The van der Waals surface area contributed by atoms with Gasteiger partial charge in [-0.2, -0.15) is 0 Å². The third-order valence-corrected chi connectivity index (χ3v) is 5.67. The second-order valence-electron chi connectivity index (χ2n) is 8.00. The number of rotatable bonds is 9. The average molecular weight is 443 g/mol. The molecule has 1 aromatic heterocycles. The molecule has 0 N–H and O–H groups in total. The van der Waals surface area contributed by atoms with E-state index >= 15 is 0 Å². The van der Waals surface area contributed by atoms with E-state index in [0.717, 1.165) is 11.3 Å². The van der Waals surface area contributed by atoms with Gasteiger partial charge in [-0.25, -0.2) is 9.18 Å². The quantitative estimate of drug-likeness (QED) is 0.314. The molecule has 4 nitrogen and oxygen atoms in total. The Hall–Kier alpha value is -3.70. The van der Waals surface area contributed by atoms with Gasteiger partial charge in [0, 0.05) is 37.1 Å². The Balaban J connectivity index is 1.60. The highest BCUT2D eigenvalue weighted by Crippen LogP contribution is 2.19. The minimum Gasteiger partial charge on any atom is -0.465 e. The van der Waals surface area contributed by atoms with Crippen LogP contribution in [0.4, 0.5) is 4.39 Å². The van der Waals surface area contributed by atoms with Gasteiger partial charge in [0.25, 0.3) is 0 Å². The molecule has 0 radical (unpaired) electrons. The highest BCUT2D eigenvalue weighted by atomic mass is 19.1. The Bertz CT molecular complexity index is 1200. The maximum absolute atomic E-state index is 14.2. The van der Waals surface area contributed by atoms with Gasteiger partial charge in [0.2, 0.25) is 0 Å². The van der Waals surface area contributed by atoms with Crippen molar-refractivity contribution in [2.75, 3.05) is 7.11 Å². The van der Waals surface area contributed by atoms with E-state index in [2.05, 4.69) is 27.7 Å². The van der Waals surface area contributed by atoms with Crippen LogP contribution in [0.2, 0.25) is 0 Å². The van der Waals surface area contributed by atoms with Gasteiger partial charge in [0.15, 0.2) is 0 Å². The van der Waals surface area contributed by atoms with E-state index in [9.17, 15) is 9.18 Å². The largest absolute Gasteiger partial charge is 0.465 e. The molecule has 168 valence electrons. The Morgan fingerprint density at radius 3 is 2.27 bits per heavy atom. The zero-order valence-corrected chi connectivity index (χ0v) is 18.7. The molecule has 0 unspecified atom stereocenters. The summed E-state index contributed by atoms with van der Waals surface area (Å²) < 4.78 is 21.3. The molecule has 0 atom stereocenters. The zero-order chi connectivity index (χ0) is 23.0. The number of ether oxygens (including phenoxy) is 1. The molecule has 0 aliphatic rings. The monoisotopic (exact) mass is 442 g/mol. The van der Waals surface area contributed by atoms with E-state index in [4.69, 9.17) is 4.74 Å². The second kappa shape index (κ2) is 10.7. The first-order valence-electron chi connectivity index (χ1n) is 10.9. The maximum Gasteiger partial charge on any atom is 0.338 e. The lowest BCUT2D eigenvalue weighted by molar-refractivity contribution is 0.0598. The molecular weight excluding hydrogens is 415 g/mol. The van der Waals surface area contributed by atoms with Crippen LogP contribution in [0, 0.1) is 5.82 Å². The van der Waals surface area contributed by atoms with Crippen molar-refractivity contribution >= 4 is 5.97 Å². The Morgan fingerprint density at radius 1 is 0.818 bits per heavy atom. The first-order chi connectivity index (χ1) is 16.1. The van der Waals surface area contributed by atoms with Crippen LogP contribution in [0.25, 0.3) is 0 Å². The smallest absolute Gasteiger partial charge is 0.338 e. The van der Waals surface area contributed by atoms with Crippen molar-refractivity contribution in [2.45, 2.75) is 26.2 Å². The van der Waals surface area contributed by atoms with Crippen LogP contribution in [0.1, 0.15) is 32.7 Å². The molecule has 33 heavy (non-hydrogen) atoms. The molecule has 0 saturated carbocycles. The highest BCUT2D eigenvalue weighted by molar-refractivity contribution is 5.90. The number of nitrogens with zero attached hydrogens (tertiary/aromatic N) is 2. The normalized spacial score (nSPS) is 11.0. The van der Waals surface area contributed by atoms with Crippen LogP contribution in [-0.2, 0) is 30.9 Å². The first kappa shape index (κ1) is 22.5. The van der Waals surface area contributed by atoms with Crippen LogP contribution in [-0.4, -0.2) is 22.5 Å². The summed E-state index contributed by atoms with van der Waals surface area (Å²) in [5.41, 5.74) is 4.39. The lowest BCUT2D eigenvalue weighted by atomic mass is 10.1. The molecule has 4 aromatic rings. The fraction of sp³-hybridized carbons (Fsp3) is 0.179. The summed E-state index contributed by atoms with van der Waals surface area (Å²) in [5.74, 6) is -0.543. The predicted octanol–water partition coefficient (Wildman–Crippen LogP) is 5.66. The number of carbonyl (C=O) groups is 1. The molecule has 1 heterocycles. The zero-order valence-electron chi connectivity index (χ0n) is 18.7. The molecule has 0 fully saturated rings. The lowest BCUT2D eigenvalue weighted by Gasteiger charge is -2.24. The van der Waals surface area contributed by atoms with Gasteiger partial charge in [0.1, 0.15) is 5.82 Å². The van der Waals surface area contributed by atoms with Crippen LogP contribution >= 0.6 is 0 Å². The molecule has 0 aliphatic carbocycles. The predicted molar refractivity (Wildman–Crippen MR) is 127 cm³/mol. The van der Waals surface area contributed by atoms with E-state index < -0.39 is 0 Å². The minimum absolute atomic E-state index is 0.203. The molecule has 0 aliphatic heterocycles. The van der Waals surface area contributed by atoms with Gasteiger partial charge in [-0.1, -0.05) is 66.7 Å². The summed E-state index contributed by atoms with van der Waals surface area (Å²) in [6.45, 7) is 2.39. The molecule has 4 rings (SSSR count). The van der Waals surface area contributed by atoms with Crippen molar-refractivity contribution in [3.8, 4) is 0 Å². The Kier molecular flexibility index (Phi) is 7.33. The standard InChI is InChI=1S/C28H27FN2O2/c1-33-28(32)26-15-7-5-12-23(26)19-30(18-22-10-3-2-4-11-22)21-25-14-9-17-31(25)20-24-13-6-8-16-27(24)29/h2-17H,18-21H2,1H3. The average Bonchev–Trinajstić information content (AvgIpc) is 3.27. The number of hydrogen-bond acceptors (Lipinski definition) is 3. The molecule has 5 heteroatoms. The fourth-order valence-electron chi connectivity index (χ4n) is 4.00. The van der Waals surface area contributed by atoms with Gasteiger partial charge in [-0.3, -0.25) is 4.90 Å². The molecular formula is C28H27FN2O2. The fourth-order valence-corrected chi connectivity index (χ4v) is 4.00. The number of benzene rings is 3. The van der Waals surface area contributed by atoms with E-state index in [1.54, 1.807) is 12.1 Å². The number of esters is 1. The van der Waals surface area contributed by atoms with Gasteiger partial charge in [-0.05, 0) is 35.4 Å². The molecule has 0 amide bonds. The maximum atomic E-state index is 14.2. The second-order valence-corrected chi connectivity index (χ2v) is 8.00. The number of aromatic nitrogens is 1. The summed E-state index contributed by atoms with van der Waals surface area (Å²) in [7, 11) is 1.40. The number of halogens is 1.